The Hall–Kier alpha value is -2.63. The Kier molecular flexibility index (Phi) is 3.31. The summed E-state index contributed by atoms with van der Waals surface area (Å²) in [6, 6.07) is 6.33. The third kappa shape index (κ3) is 2.16. The van der Waals surface area contributed by atoms with Gasteiger partial charge < -0.3 is 9.67 Å². The number of aromatic nitrogens is 1. The number of hydrogen-bond donors (Lipinski definition) is 1. The number of hydrogen-bond acceptors (Lipinski definition) is 3. The molecule has 1 aromatic heterocycles. The summed E-state index contributed by atoms with van der Waals surface area (Å²) in [6.45, 7) is 5.18. The van der Waals surface area contributed by atoms with Gasteiger partial charge in [0.05, 0.1) is 10.5 Å². The predicted octanol–water partition coefficient (Wildman–Crippen LogP) is 3.01. The Morgan fingerprint density at radius 1 is 1.25 bits per heavy atom. The molecule has 1 aromatic carbocycles. The van der Waals surface area contributed by atoms with Gasteiger partial charge in [0.1, 0.15) is 0 Å². The minimum atomic E-state index is -0.983. The quantitative estimate of drug-likeness (QED) is 0.688. The number of rotatable bonds is 3. The molecule has 6 heteroatoms. The number of carboxylic acids is 1. The molecule has 0 fully saturated rings. The van der Waals surface area contributed by atoms with Gasteiger partial charge in [0.15, 0.2) is 0 Å². The van der Waals surface area contributed by atoms with Gasteiger partial charge in [-0.1, -0.05) is 0 Å². The molecule has 104 valence electrons. The lowest BCUT2D eigenvalue weighted by molar-refractivity contribution is -0.385. The summed E-state index contributed by atoms with van der Waals surface area (Å²) in [6.07, 6.45) is 0. The van der Waals surface area contributed by atoms with Crippen molar-refractivity contribution >= 4 is 11.7 Å². The first-order chi connectivity index (χ1) is 9.32. The van der Waals surface area contributed by atoms with Crippen molar-refractivity contribution < 1.29 is 14.8 Å². The minimum absolute atomic E-state index is 0.0506. The largest absolute Gasteiger partial charge is 0.478 e. The molecule has 0 aliphatic rings. The Labute approximate surface area is 115 Å². The van der Waals surface area contributed by atoms with Crippen LogP contribution < -0.4 is 0 Å². The Morgan fingerprint density at radius 2 is 1.90 bits per heavy atom. The van der Waals surface area contributed by atoms with Gasteiger partial charge in [-0.3, -0.25) is 10.1 Å². The minimum Gasteiger partial charge on any atom is -0.478 e. The van der Waals surface area contributed by atoms with E-state index in [2.05, 4.69) is 0 Å². The van der Waals surface area contributed by atoms with Crippen LogP contribution in [0.2, 0.25) is 0 Å². The first-order valence-electron chi connectivity index (χ1n) is 6.00. The van der Waals surface area contributed by atoms with Gasteiger partial charge in [-0.05, 0) is 39.0 Å². The summed E-state index contributed by atoms with van der Waals surface area (Å²) in [4.78, 5) is 21.5. The van der Waals surface area contributed by atoms with Crippen molar-refractivity contribution in [2.75, 3.05) is 0 Å². The van der Waals surface area contributed by atoms with Gasteiger partial charge in [-0.15, -0.1) is 0 Å². The molecule has 0 aliphatic carbocycles. The lowest BCUT2D eigenvalue weighted by atomic mass is 10.1. The van der Waals surface area contributed by atoms with Crippen LogP contribution >= 0.6 is 0 Å². The maximum absolute atomic E-state index is 11.1. The molecule has 0 saturated heterocycles. The fourth-order valence-electron chi connectivity index (χ4n) is 2.36. The molecule has 2 rings (SSSR count). The highest BCUT2D eigenvalue weighted by Crippen LogP contribution is 2.25. The molecule has 0 atom stereocenters. The van der Waals surface area contributed by atoms with E-state index in [4.69, 9.17) is 5.11 Å². The standard InChI is InChI=1S/C14H14N2O4/c1-8-6-11(4-5-13(8)16(19)20)15-9(2)7-12(10(15)3)14(17)18/h4-7H,1-3H3,(H,17,18). The van der Waals surface area contributed by atoms with Crippen molar-refractivity contribution in [3.05, 3.63) is 56.9 Å². The maximum Gasteiger partial charge on any atom is 0.337 e. The molecule has 0 unspecified atom stereocenters. The number of benzene rings is 1. The van der Waals surface area contributed by atoms with E-state index < -0.39 is 10.9 Å². The van der Waals surface area contributed by atoms with Crippen LogP contribution in [0.15, 0.2) is 24.3 Å². The van der Waals surface area contributed by atoms with Crippen LogP contribution in [0.5, 0.6) is 0 Å². The molecule has 0 saturated carbocycles. The molecule has 0 spiro atoms. The molecule has 0 amide bonds. The molecule has 1 N–H and O–H groups in total. The van der Waals surface area contributed by atoms with E-state index in [0.717, 1.165) is 11.4 Å². The van der Waals surface area contributed by atoms with Crippen LogP contribution in [0.25, 0.3) is 5.69 Å². The Morgan fingerprint density at radius 3 is 2.35 bits per heavy atom. The van der Waals surface area contributed by atoms with E-state index in [9.17, 15) is 14.9 Å². The van der Waals surface area contributed by atoms with Crippen LogP contribution in [-0.4, -0.2) is 20.6 Å². The molecule has 1 heterocycles. The highest BCUT2D eigenvalue weighted by Gasteiger charge is 2.17. The average Bonchev–Trinajstić information content (AvgIpc) is 2.64. The van der Waals surface area contributed by atoms with Gasteiger partial charge in [0, 0.05) is 28.7 Å². The fourth-order valence-corrected chi connectivity index (χ4v) is 2.36. The fraction of sp³-hybridized carbons (Fsp3) is 0.214. The summed E-state index contributed by atoms with van der Waals surface area (Å²) in [5.41, 5.74) is 2.91. The van der Waals surface area contributed by atoms with Gasteiger partial charge >= 0.3 is 5.97 Å². The van der Waals surface area contributed by atoms with Crippen molar-refractivity contribution in [3.8, 4) is 5.69 Å². The van der Waals surface area contributed by atoms with Crippen LogP contribution in [0.3, 0.4) is 0 Å². The van der Waals surface area contributed by atoms with Crippen LogP contribution in [-0.2, 0) is 0 Å². The second-order valence-corrected chi connectivity index (χ2v) is 4.65. The predicted molar refractivity (Wildman–Crippen MR) is 73.6 cm³/mol. The molecule has 0 bridgehead atoms. The highest BCUT2D eigenvalue weighted by atomic mass is 16.6. The second-order valence-electron chi connectivity index (χ2n) is 4.65. The first-order valence-corrected chi connectivity index (χ1v) is 6.00. The van der Waals surface area contributed by atoms with Crippen molar-refractivity contribution in [1.82, 2.24) is 4.57 Å². The molecular formula is C14H14N2O4. The van der Waals surface area contributed by atoms with Gasteiger partial charge in [-0.2, -0.15) is 0 Å². The summed E-state index contributed by atoms with van der Waals surface area (Å²) in [7, 11) is 0. The zero-order valence-electron chi connectivity index (χ0n) is 11.4. The van der Waals surface area contributed by atoms with Crippen molar-refractivity contribution in [2.45, 2.75) is 20.8 Å². The third-order valence-electron chi connectivity index (χ3n) is 3.30. The topological polar surface area (TPSA) is 85.4 Å². The van der Waals surface area contributed by atoms with Gasteiger partial charge in [0.25, 0.3) is 5.69 Å². The second kappa shape index (κ2) is 4.80. The number of nitro groups is 1. The highest BCUT2D eigenvalue weighted by molar-refractivity contribution is 5.89. The van der Waals surface area contributed by atoms with Crippen molar-refractivity contribution in [2.24, 2.45) is 0 Å². The smallest absolute Gasteiger partial charge is 0.337 e. The summed E-state index contributed by atoms with van der Waals surface area (Å²) in [5.74, 6) is -0.983. The average molecular weight is 274 g/mol. The zero-order chi connectivity index (χ0) is 15.0. The van der Waals surface area contributed by atoms with E-state index >= 15 is 0 Å². The Balaban J connectivity index is 2.61. The number of carboxylic acid groups (broad SMARTS) is 1. The van der Waals surface area contributed by atoms with E-state index in [0.29, 0.717) is 11.3 Å². The summed E-state index contributed by atoms with van der Waals surface area (Å²) >= 11 is 0. The molecular weight excluding hydrogens is 260 g/mol. The first kappa shape index (κ1) is 13.8. The maximum atomic E-state index is 11.1. The van der Waals surface area contributed by atoms with Crippen LogP contribution in [0, 0.1) is 30.9 Å². The number of aryl methyl sites for hydroxylation is 2. The monoisotopic (exact) mass is 274 g/mol. The molecule has 0 aliphatic heterocycles. The lowest BCUT2D eigenvalue weighted by Crippen LogP contribution is -2.03. The van der Waals surface area contributed by atoms with Gasteiger partial charge in [-0.25, -0.2) is 4.79 Å². The number of carbonyl (C=O) groups is 1. The number of aromatic carboxylic acids is 1. The Bertz CT molecular complexity index is 716. The SMILES string of the molecule is Cc1cc(-n2c(C)cc(C(=O)O)c2C)ccc1[N+](=O)[O-]. The van der Waals surface area contributed by atoms with E-state index in [-0.39, 0.29) is 11.3 Å². The zero-order valence-corrected chi connectivity index (χ0v) is 11.4. The van der Waals surface area contributed by atoms with Gasteiger partial charge in [0.2, 0.25) is 0 Å². The summed E-state index contributed by atoms with van der Waals surface area (Å²) in [5, 5.41) is 19.9. The van der Waals surface area contributed by atoms with Crippen LogP contribution in [0.1, 0.15) is 27.3 Å². The molecule has 6 nitrogen and oxygen atoms in total. The third-order valence-corrected chi connectivity index (χ3v) is 3.30. The molecule has 0 radical (unpaired) electrons. The number of nitrogens with zero attached hydrogens (tertiary/aromatic N) is 2. The summed E-state index contributed by atoms with van der Waals surface area (Å²) < 4.78 is 1.78. The van der Waals surface area contributed by atoms with E-state index in [1.54, 1.807) is 43.5 Å². The number of nitro benzene ring substituents is 1. The van der Waals surface area contributed by atoms with Crippen molar-refractivity contribution in [1.29, 1.82) is 0 Å². The van der Waals surface area contributed by atoms with E-state index in [1.807, 2.05) is 0 Å². The molecule has 2 aromatic rings. The van der Waals surface area contributed by atoms with E-state index in [1.165, 1.54) is 6.07 Å². The lowest BCUT2D eigenvalue weighted by Gasteiger charge is -2.10. The van der Waals surface area contributed by atoms with Crippen molar-refractivity contribution in [3.63, 3.8) is 0 Å². The normalized spacial score (nSPS) is 10.6. The molecule has 20 heavy (non-hydrogen) atoms. The van der Waals surface area contributed by atoms with Crippen LogP contribution in [0.4, 0.5) is 5.69 Å².